The third-order valence-corrected chi connectivity index (χ3v) is 5.18. The van der Waals surface area contributed by atoms with Gasteiger partial charge in [-0.3, -0.25) is 4.79 Å². The van der Waals surface area contributed by atoms with Gasteiger partial charge >= 0.3 is 6.61 Å². The predicted octanol–water partition coefficient (Wildman–Crippen LogP) is 4.36. The number of hydrogen-bond acceptors (Lipinski definition) is 5. The summed E-state index contributed by atoms with van der Waals surface area (Å²) in [5.41, 5.74) is 1.28. The van der Waals surface area contributed by atoms with Gasteiger partial charge in [-0.25, -0.2) is 0 Å². The van der Waals surface area contributed by atoms with E-state index < -0.39 is 11.9 Å². The topological polar surface area (TPSA) is 69.0 Å². The minimum Gasteiger partial charge on any atom is -0.433 e. The highest BCUT2D eigenvalue weighted by Crippen LogP contribution is 2.28. The molecular weight excluding hydrogens is 398 g/mol. The third-order valence-electron chi connectivity index (χ3n) is 4.10. The van der Waals surface area contributed by atoms with Crippen LogP contribution >= 0.6 is 11.8 Å². The molecule has 0 aliphatic carbocycles. The number of amides is 1. The van der Waals surface area contributed by atoms with E-state index in [4.69, 9.17) is 0 Å². The van der Waals surface area contributed by atoms with E-state index in [0.29, 0.717) is 11.7 Å². The van der Waals surface area contributed by atoms with E-state index in [0.717, 1.165) is 11.4 Å². The average Bonchev–Trinajstić information content (AvgIpc) is 3.03. The first-order valence-electron chi connectivity index (χ1n) is 8.89. The molecule has 2 aromatic carbocycles. The Morgan fingerprint density at radius 1 is 1.14 bits per heavy atom. The van der Waals surface area contributed by atoms with Crippen LogP contribution in [0.15, 0.2) is 59.8 Å². The molecule has 6 nitrogen and oxygen atoms in total. The van der Waals surface area contributed by atoms with Crippen LogP contribution in [0.5, 0.6) is 5.75 Å². The summed E-state index contributed by atoms with van der Waals surface area (Å²) in [6.07, 6.45) is 0. The molecule has 3 aromatic rings. The van der Waals surface area contributed by atoms with Gasteiger partial charge in [0.1, 0.15) is 11.6 Å². The second kappa shape index (κ2) is 9.51. The molecule has 0 unspecified atom stereocenters. The number of hydrogen-bond donors (Lipinski definition) is 1. The zero-order valence-corrected chi connectivity index (χ0v) is 16.7. The Morgan fingerprint density at radius 2 is 1.83 bits per heavy atom. The molecule has 0 fully saturated rings. The van der Waals surface area contributed by atoms with Crippen LogP contribution in [-0.4, -0.2) is 32.5 Å². The summed E-state index contributed by atoms with van der Waals surface area (Å²) < 4.78 is 31.5. The number of halogens is 2. The maximum Gasteiger partial charge on any atom is 0.387 e. The molecule has 0 radical (unpaired) electrons. The summed E-state index contributed by atoms with van der Waals surface area (Å²) in [6.45, 7) is 1.18. The number of carbonyl (C=O) groups excluding carboxylic acids is 1. The van der Waals surface area contributed by atoms with Crippen molar-refractivity contribution >= 4 is 23.4 Å². The molecule has 0 saturated carbocycles. The van der Waals surface area contributed by atoms with Crippen molar-refractivity contribution in [1.82, 2.24) is 14.8 Å². The normalized spacial score (nSPS) is 12.0. The molecule has 0 spiro atoms. The van der Waals surface area contributed by atoms with Gasteiger partial charge in [-0.05, 0) is 31.5 Å². The lowest BCUT2D eigenvalue weighted by Gasteiger charge is -2.15. The largest absolute Gasteiger partial charge is 0.433 e. The van der Waals surface area contributed by atoms with Crippen molar-refractivity contribution in [1.29, 1.82) is 0 Å². The highest BCUT2D eigenvalue weighted by atomic mass is 32.2. The van der Waals surface area contributed by atoms with E-state index in [1.807, 2.05) is 41.8 Å². The Hall–Kier alpha value is -2.94. The van der Waals surface area contributed by atoms with E-state index in [1.54, 1.807) is 19.1 Å². The molecule has 0 aliphatic heterocycles. The van der Waals surface area contributed by atoms with Crippen molar-refractivity contribution in [3.05, 3.63) is 66.0 Å². The number of nitrogens with one attached hydrogen (secondary N) is 1. The predicted molar refractivity (Wildman–Crippen MR) is 107 cm³/mol. The molecule has 9 heteroatoms. The van der Waals surface area contributed by atoms with Crippen molar-refractivity contribution < 1.29 is 18.3 Å². The monoisotopic (exact) mass is 418 g/mol. The minimum absolute atomic E-state index is 0.0869. The van der Waals surface area contributed by atoms with Crippen LogP contribution in [-0.2, 0) is 11.3 Å². The lowest BCUT2D eigenvalue weighted by molar-refractivity contribution is -0.115. The second-order valence-corrected chi connectivity index (χ2v) is 7.53. The second-order valence-electron chi connectivity index (χ2n) is 6.23. The first kappa shape index (κ1) is 20.8. The summed E-state index contributed by atoms with van der Waals surface area (Å²) in [5.74, 6) is 0.294. The van der Waals surface area contributed by atoms with Gasteiger partial charge in [-0.1, -0.05) is 54.2 Å². The molecule has 1 atom stereocenters. The lowest BCUT2D eigenvalue weighted by atomic mass is 10.2. The number of nitrogens with zero attached hydrogens (tertiary/aromatic N) is 3. The quantitative estimate of drug-likeness (QED) is 0.551. The SMILES string of the molecule is Cc1nnc(S[C@H](C)C(=O)Nc2ccccc2OC(F)F)n1Cc1ccccc1. The minimum atomic E-state index is -2.97. The zero-order valence-electron chi connectivity index (χ0n) is 15.9. The van der Waals surface area contributed by atoms with Gasteiger partial charge in [0.15, 0.2) is 5.16 Å². The number of benzene rings is 2. The van der Waals surface area contributed by atoms with Gasteiger partial charge < -0.3 is 14.6 Å². The summed E-state index contributed by atoms with van der Waals surface area (Å²) in [7, 11) is 0. The van der Waals surface area contributed by atoms with Crippen LogP contribution in [0.25, 0.3) is 0 Å². The number of ether oxygens (including phenoxy) is 1. The van der Waals surface area contributed by atoms with Crippen molar-refractivity contribution in [2.24, 2.45) is 0 Å². The Balaban J connectivity index is 1.70. The van der Waals surface area contributed by atoms with Crippen LogP contribution in [0.4, 0.5) is 14.5 Å². The van der Waals surface area contributed by atoms with Gasteiger partial charge in [0.2, 0.25) is 5.91 Å². The van der Waals surface area contributed by atoms with Crippen molar-refractivity contribution in [3.63, 3.8) is 0 Å². The standard InChI is InChI=1S/C20H20F2N4O2S/c1-13(18(27)23-16-10-6-7-11-17(16)28-19(21)22)29-20-25-24-14(2)26(20)12-15-8-4-3-5-9-15/h3-11,13,19H,12H2,1-2H3,(H,23,27)/t13-/m1/s1. The van der Waals surface area contributed by atoms with E-state index in [9.17, 15) is 13.6 Å². The fourth-order valence-electron chi connectivity index (χ4n) is 2.61. The van der Waals surface area contributed by atoms with Gasteiger partial charge in [0.05, 0.1) is 17.5 Å². The smallest absolute Gasteiger partial charge is 0.387 e. The highest BCUT2D eigenvalue weighted by Gasteiger charge is 2.21. The Morgan fingerprint density at radius 3 is 2.55 bits per heavy atom. The molecule has 0 bridgehead atoms. The first-order chi connectivity index (χ1) is 13.9. The molecular formula is C20H20F2N4O2S. The summed E-state index contributed by atoms with van der Waals surface area (Å²) in [6, 6.07) is 15.9. The molecule has 0 aliphatic rings. The van der Waals surface area contributed by atoms with Gasteiger partial charge in [0, 0.05) is 0 Å². The highest BCUT2D eigenvalue weighted by molar-refractivity contribution is 8.00. The maximum absolute atomic E-state index is 12.6. The number of para-hydroxylation sites is 2. The van der Waals surface area contributed by atoms with E-state index >= 15 is 0 Å². The number of alkyl halides is 2. The van der Waals surface area contributed by atoms with E-state index in [-0.39, 0.29) is 17.3 Å². The molecule has 1 aromatic heterocycles. The zero-order chi connectivity index (χ0) is 20.8. The molecule has 1 amide bonds. The third kappa shape index (κ3) is 5.54. The van der Waals surface area contributed by atoms with Crippen LogP contribution in [0.3, 0.4) is 0 Å². The number of thioether (sulfide) groups is 1. The molecule has 29 heavy (non-hydrogen) atoms. The molecule has 1 heterocycles. The van der Waals surface area contributed by atoms with Crippen molar-refractivity contribution in [2.75, 3.05) is 5.32 Å². The summed E-state index contributed by atoms with van der Waals surface area (Å²) in [5, 5.41) is 11.0. The van der Waals surface area contributed by atoms with Crippen molar-refractivity contribution in [2.45, 2.75) is 37.4 Å². The van der Waals surface area contributed by atoms with Gasteiger partial charge in [-0.15, -0.1) is 10.2 Å². The van der Waals surface area contributed by atoms with Crippen LogP contribution in [0.2, 0.25) is 0 Å². The van der Waals surface area contributed by atoms with Gasteiger partial charge in [0.25, 0.3) is 0 Å². The fourth-order valence-corrected chi connectivity index (χ4v) is 3.51. The van der Waals surface area contributed by atoms with Gasteiger partial charge in [-0.2, -0.15) is 8.78 Å². The van der Waals surface area contributed by atoms with Crippen LogP contribution in [0, 0.1) is 6.92 Å². The molecule has 3 rings (SSSR count). The van der Waals surface area contributed by atoms with E-state index in [1.165, 1.54) is 23.9 Å². The van der Waals surface area contributed by atoms with Crippen LogP contribution in [0.1, 0.15) is 18.3 Å². The molecule has 1 N–H and O–H groups in total. The van der Waals surface area contributed by atoms with Crippen molar-refractivity contribution in [3.8, 4) is 5.75 Å². The number of anilines is 1. The Kier molecular flexibility index (Phi) is 6.82. The summed E-state index contributed by atoms with van der Waals surface area (Å²) in [4.78, 5) is 12.6. The first-order valence-corrected chi connectivity index (χ1v) is 9.77. The fraction of sp³-hybridized carbons (Fsp3) is 0.250. The number of aryl methyl sites for hydroxylation is 1. The lowest BCUT2D eigenvalue weighted by Crippen LogP contribution is -2.23. The number of aromatic nitrogens is 3. The maximum atomic E-state index is 12.6. The number of carbonyl (C=O) groups is 1. The Bertz CT molecular complexity index is 966. The van der Waals surface area contributed by atoms with E-state index in [2.05, 4.69) is 20.3 Å². The summed E-state index contributed by atoms with van der Waals surface area (Å²) >= 11 is 1.25. The molecule has 152 valence electrons. The number of rotatable bonds is 8. The Labute approximate surface area is 171 Å². The average molecular weight is 418 g/mol. The molecule has 0 saturated heterocycles. The van der Waals surface area contributed by atoms with Crippen LogP contribution < -0.4 is 10.1 Å².